The highest BCUT2D eigenvalue weighted by molar-refractivity contribution is 6.01. The molecule has 3 N–H and O–H groups in total. The molecule has 4 nitrogen and oxygen atoms in total. The van der Waals surface area contributed by atoms with Crippen LogP contribution in [0.15, 0.2) is 24.3 Å². The minimum absolute atomic E-state index is 0.304. The first kappa shape index (κ1) is 13.7. The Morgan fingerprint density at radius 2 is 1.76 bits per heavy atom. The second kappa shape index (κ2) is 5.29. The van der Waals surface area contributed by atoms with Crippen LogP contribution in [-0.2, 0) is 0 Å². The fraction of sp³-hybridized carbons (Fsp3) is 0.462. The van der Waals surface area contributed by atoms with Crippen molar-refractivity contribution in [1.29, 1.82) is 0 Å². The van der Waals surface area contributed by atoms with Crippen molar-refractivity contribution >= 4 is 11.5 Å². The van der Waals surface area contributed by atoms with Crippen LogP contribution >= 0.6 is 0 Å². The van der Waals surface area contributed by atoms with E-state index in [4.69, 9.17) is 5.73 Å². The number of hydrogen-bond acceptors (Lipinski definition) is 4. The van der Waals surface area contributed by atoms with Crippen molar-refractivity contribution in [3.63, 3.8) is 0 Å². The first-order chi connectivity index (χ1) is 7.93. The van der Waals surface area contributed by atoms with E-state index in [9.17, 15) is 9.90 Å². The van der Waals surface area contributed by atoms with Gasteiger partial charge in [-0.3, -0.25) is 9.69 Å². The van der Waals surface area contributed by atoms with Crippen LogP contribution in [0.3, 0.4) is 0 Å². The highest BCUT2D eigenvalue weighted by Crippen LogP contribution is 2.18. The molecular weight excluding hydrogens is 216 g/mol. The van der Waals surface area contributed by atoms with E-state index in [1.807, 2.05) is 13.8 Å². The molecule has 1 atom stereocenters. The van der Waals surface area contributed by atoms with Crippen molar-refractivity contribution in [2.75, 3.05) is 18.8 Å². The van der Waals surface area contributed by atoms with Crippen LogP contribution < -0.4 is 5.73 Å². The van der Waals surface area contributed by atoms with Crippen molar-refractivity contribution < 1.29 is 9.90 Å². The van der Waals surface area contributed by atoms with Gasteiger partial charge in [0.25, 0.3) is 0 Å². The van der Waals surface area contributed by atoms with Crippen LogP contribution in [0.4, 0.5) is 5.69 Å². The van der Waals surface area contributed by atoms with Crippen LogP contribution in [0.5, 0.6) is 0 Å². The first-order valence-electron chi connectivity index (χ1n) is 5.81. The third-order valence-electron chi connectivity index (χ3n) is 2.98. The fourth-order valence-electron chi connectivity index (χ4n) is 1.89. The number of nitrogens with zero attached hydrogens (tertiary/aromatic N) is 1. The van der Waals surface area contributed by atoms with E-state index in [-0.39, 0.29) is 5.78 Å². The van der Waals surface area contributed by atoms with Crippen molar-refractivity contribution in [3.05, 3.63) is 29.8 Å². The Morgan fingerprint density at radius 1 is 1.29 bits per heavy atom. The molecule has 1 aromatic rings. The number of anilines is 1. The summed E-state index contributed by atoms with van der Waals surface area (Å²) in [6.07, 6.45) is 0. The predicted octanol–water partition coefficient (Wildman–Crippen LogP) is 1.50. The van der Waals surface area contributed by atoms with Crippen LogP contribution in [0, 0.1) is 0 Å². The highest BCUT2D eigenvalue weighted by atomic mass is 16.3. The average Bonchev–Trinajstić information content (AvgIpc) is 2.30. The molecule has 0 bridgehead atoms. The van der Waals surface area contributed by atoms with E-state index >= 15 is 0 Å². The number of hydrogen-bond donors (Lipinski definition) is 2. The zero-order chi connectivity index (χ0) is 13.1. The number of nitrogen functional groups attached to an aromatic ring is 1. The summed E-state index contributed by atoms with van der Waals surface area (Å²) in [5, 5.41) is 10.3. The highest BCUT2D eigenvalue weighted by Gasteiger charge is 2.35. The maximum absolute atomic E-state index is 12.2. The van der Waals surface area contributed by atoms with E-state index in [1.54, 1.807) is 29.2 Å². The van der Waals surface area contributed by atoms with Crippen molar-refractivity contribution in [3.8, 4) is 0 Å². The summed E-state index contributed by atoms with van der Waals surface area (Å²) in [7, 11) is 0. The number of Topliss-reactive ketones (excluding diaryl/α,β-unsaturated/α-hetero) is 1. The summed E-state index contributed by atoms with van der Waals surface area (Å²) in [5.41, 5.74) is 5.16. The van der Waals surface area contributed by atoms with Crippen LogP contribution in [0.25, 0.3) is 0 Å². The first-order valence-corrected chi connectivity index (χ1v) is 5.81. The van der Waals surface area contributed by atoms with E-state index in [1.165, 1.54) is 6.92 Å². The molecule has 1 unspecified atom stereocenters. The summed E-state index contributed by atoms with van der Waals surface area (Å²) >= 11 is 0. The third-order valence-corrected chi connectivity index (χ3v) is 2.98. The van der Waals surface area contributed by atoms with Gasteiger partial charge in [-0.15, -0.1) is 0 Å². The summed E-state index contributed by atoms with van der Waals surface area (Å²) in [4.78, 5) is 13.9. The molecule has 0 amide bonds. The number of aliphatic hydroxyl groups is 1. The van der Waals surface area contributed by atoms with Gasteiger partial charge in [-0.2, -0.15) is 0 Å². The molecule has 0 fully saturated rings. The Bertz CT molecular complexity index is 381. The third kappa shape index (κ3) is 2.84. The lowest BCUT2D eigenvalue weighted by molar-refractivity contribution is -0.0589. The van der Waals surface area contributed by atoms with Gasteiger partial charge in [0.2, 0.25) is 5.78 Å². The lowest BCUT2D eigenvalue weighted by atomic mass is 10.0. The molecule has 0 radical (unpaired) electrons. The van der Waals surface area contributed by atoms with Crippen molar-refractivity contribution in [2.45, 2.75) is 26.5 Å². The molecule has 0 aliphatic heterocycles. The summed E-state index contributed by atoms with van der Waals surface area (Å²) in [5.74, 6) is -0.304. The van der Waals surface area contributed by atoms with Gasteiger partial charge in [-0.1, -0.05) is 13.8 Å². The van der Waals surface area contributed by atoms with E-state index in [0.29, 0.717) is 24.3 Å². The van der Waals surface area contributed by atoms with Gasteiger partial charge in [0.05, 0.1) is 0 Å². The standard InChI is InChI=1S/C13H20N2O2/c1-4-15(5-2)13(3,17)12(16)10-6-8-11(14)9-7-10/h6-9,17H,4-5,14H2,1-3H3. The SMILES string of the molecule is CCN(CC)C(C)(O)C(=O)c1ccc(N)cc1. The molecule has 1 rings (SSSR count). The number of rotatable bonds is 5. The van der Waals surface area contributed by atoms with Gasteiger partial charge in [0.15, 0.2) is 5.72 Å². The number of likely N-dealkylation sites (N-methyl/N-ethyl adjacent to an activating group) is 1. The van der Waals surface area contributed by atoms with E-state index < -0.39 is 5.72 Å². The molecule has 1 aromatic carbocycles. The van der Waals surface area contributed by atoms with Gasteiger partial charge >= 0.3 is 0 Å². The van der Waals surface area contributed by atoms with Gasteiger partial charge < -0.3 is 10.8 Å². The summed E-state index contributed by atoms with van der Waals surface area (Å²) in [6, 6.07) is 6.59. The second-order valence-electron chi connectivity index (χ2n) is 4.14. The molecule has 0 saturated carbocycles. The topological polar surface area (TPSA) is 66.6 Å². The van der Waals surface area contributed by atoms with Gasteiger partial charge in [0, 0.05) is 11.3 Å². The minimum Gasteiger partial charge on any atom is -0.399 e. The zero-order valence-corrected chi connectivity index (χ0v) is 10.6. The molecule has 4 heteroatoms. The number of carbonyl (C=O) groups is 1. The molecule has 0 aliphatic carbocycles. The maximum Gasteiger partial charge on any atom is 0.209 e. The predicted molar refractivity (Wildman–Crippen MR) is 68.7 cm³/mol. The summed E-state index contributed by atoms with van der Waals surface area (Å²) < 4.78 is 0. The average molecular weight is 236 g/mol. The maximum atomic E-state index is 12.2. The van der Waals surface area contributed by atoms with Crippen LogP contribution in [0.2, 0.25) is 0 Å². The van der Waals surface area contributed by atoms with Crippen LogP contribution in [-0.4, -0.2) is 34.6 Å². The molecule has 17 heavy (non-hydrogen) atoms. The Kier molecular flexibility index (Phi) is 4.26. The van der Waals surface area contributed by atoms with E-state index in [2.05, 4.69) is 0 Å². The van der Waals surface area contributed by atoms with Gasteiger partial charge in [-0.25, -0.2) is 0 Å². The zero-order valence-electron chi connectivity index (χ0n) is 10.6. The molecule has 0 aliphatic rings. The number of carbonyl (C=O) groups excluding carboxylic acids is 1. The Morgan fingerprint density at radius 3 is 2.18 bits per heavy atom. The Hall–Kier alpha value is -1.39. The molecule has 0 spiro atoms. The van der Waals surface area contributed by atoms with Gasteiger partial charge in [-0.05, 0) is 44.3 Å². The van der Waals surface area contributed by atoms with Gasteiger partial charge in [0.1, 0.15) is 0 Å². The van der Waals surface area contributed by atoms with Crippen molar-refractivity contribution in [2.24, 2.45) is 0 Å². The minimum atomic E-state index is -1.47. The molecule has 0 saturated heterocycles. The number of nitrogens with two attached hydrogens (primary N) is 1. The Labute approximate surface area is 102 Å². The van der Waals surface area contributed by atoms with Crippen LogP contribution in [0.1, 0.15) is 31.1 Å². The second-order valence-corrected chi connectivity index (χ2v) is 4.14. The van der Waals surface area contributed by atoms with E-state index in [0.717, 1.165) is 0 Å². The lowest BCUT2D eigenvalue weighted by Crippen LogP contribution is -2.52. The fourth-order valence-corrected chi connectivity index (χ4v) is 1.89. The monoisotopic (exact) mass is 236 g/mol. The lowest BCUT2D eigenvalue weighted by Gasteiger charge is -2.34. The molecule has 0 aromatic heterocycles. The molecule has 94 valence electrons. The number of benzene rings is 1. The summed E-state index contributed by atoms with van der Waals surface area (Å²) in [6.45, 7) is 6.58. The smallest absolute Gasteiger partial charge is 0.209 e. The normalized spacial score (nSPS) is 14.6. The van der Waals surface area contributed by atoms with Crippen molar-refractivity contribution in [1.82, 2.24) is 4.90 Å². The molecule has 0 heterocycles. The largest absolute Gasteiger partial charge is 0.399 e. The number of ketones is 1. The Balaban J connectivity index is 2.99. The quantitative estimate of drug-likeness (QED) is 0.462. The molecular formula is C13H20N2O2.